The lowest BCUT2D eigenvalue weighted by Crippen LogP contribution is -2.30. The number of esters is 3. The lowest BCUT2D eigenvalue weighted by atomic mass is 10.0. The van der Waals surface area contributed by atoms with E-state index in [0.717, 1.165) is 135 Å². The van der Waals surface area contributed by atoms with Gasteiger partial charge in [0, 0.05) is 19.3 Å². The summed E-state index contributed by atoms with van der Waals surface area (Å²) < 4.78 is 17.0. The van der Waals surface area contributed by atoms with Crippen LogP contribution in [0.15, 0.2) is 134 Å². The molecule has 0 N–H and O–H groups in total. The van der Waals surface area contributed by atoms with Gasteiger partial charge in [-0.25, -0.2) is 0 Å². The van der Waals surface area contributed by atoms with Crippen molar-refractivity contribution in [1.29, 1.82) is 0 Å². The van der Waals surface area contributed by atoms with Gasteiger partial charge in [-0.15, -0.1) is 0 Å². The fourth-order valence-electron chi connectivity index (χ4n) is 9.49. The van der Waals surface area contributed by atoms with Gasteiger partial charge in [-0.3, -0.25) is 14.4 Å². The summed E-state index contributed by atoms with van der Waals surface area (Å²) >= 11 is 0. The molecule has 0 saturated heterocycles. The van der Waals surface area contributed by atoms with Crippen LogP contribution in [0.4, 0.5) is 0 Å². The first-order valence-corrected chi connectivity index (χ1v) is 34.7. The zero-order valence-electron chi connectivity index (χ0n) is 54.2. The average Bonchev–Trinajstić information content (AvgIpc) is 3.49. The molecule has 6 heteroatoms. The number of carbonyl (C=O) groups is 3. The van der Waals surface area contributed by atoms with Crippen molar-refractivity contribution in [3.05, 3.63) is 134 Å². The van der Waals surface area contributed by atoms with E-state index < -0.39 is 6.10 Å². The van der Waals surface area contributed by atoms with Gasteiger partial charge >= 0.3 is 17.9 Å². The van der Waals surface area contributed by atoms with E-state index in [1.807, 2.05) is 0 Å². The Balaban J connectivity index is 4.29. The average molecular weight is 1150 g/mol. The Morgan fingerprint density at radius 1 is 0.253 bits per heavy atom. The third-order valence-electron chi connectivity index (χ3n) is 14.6. The highest BCUT2D eigenvalue weighted by molar-refractivity contribution is 5.71. The second-order valence-corrected chi connectivity index (χ2v) is 22.7. The quantitative estimate of drug-likeness (QED) is 0.0261. The smallest absolute Gasteiger partial charge is 0.306 e. The molecule has 0 rings (SSSR count). The van der Waals surface area contributed by atoms with Crippen LogP contribution in [0.25, 0.3) is 0 Å². The highest BCUT2D eigenvalue weighted by Crippen LogP contribution is 2.16. The monoisotopic (exact) mass is 1150 g/mol. The van der Waals surface area contributed by atoms with Crippen LogP contribution < -0.4 is 0 Å². The molecule has 0 aromatic carbocycles. The van der Waals surface area contributed by atoms with E-state index in [1.165, 1.54) is 141 Å². The fraction of sp³-hybridized carbons (Fsp3) is 0.675. The number of unbranched alkanes of at least 4 members (excludes halogenated alkanes) is 29. The predicted octanol–water partition coefficient (Wildman–Crippen LogP) is 24.1. The van der Waals surface area contributed by atoms with Gasteiger partial charge in [0.2, 0.25) is 0 Å². The largest absolute Gasteiger partial charge is 0.462 e. The molecule has 0 aromatic rings. The molecule has 0 bridgehead atoms. The van der Waals surface area contributed by atoms with Crippen LogP contribution in [-0.2, 0) is 28.6 Å². The second-order valence-electron chi connectivity index (χ2n) is 22.7. The summed E-state index contributed by atoms with van der Waals surface area (Å²) in [5.74, 6) is -0.898. The number of hydrogen-bond donors (Lipinski definition) is 0. The molecule has 83 heavy (non-hydrogen) atoms. The molecule has 1 unspecified atom stereocenters. The van der Waals surface area contributed by atoms with E-state index in [-0.39, 0.29) is 31.1 Å². The number of ether oxygens (including phenoxy) is 3. The minimum Gasteiger partial charge on any atom is -0.462 e. The van der Waals surface area contributed by atoms with Gasteiger partial charge in [0.05, 0.1) is 0 Å². The molecule has 0 fully saturated rings. The number of allylic oxidation sites excluding steroid dienone is 22. The summed E-state index contributed by atoms with van der Waals surface area (Å²) in [5, 5.41) is 0. The number of carbonyl (C=O) groups excluding carboxylic acids is 3. The van der Waals surface area contributed by atoms with E-state index in [2.05, 4.69) is 154 Å². The summed E-state index contributed by atoms with van der Waals surface area (Å²) in [5.41, 5.74) is 0. The number of hydrogen-bond acceptors (Lipinski definition) is 6. The van der Waals surface area contributed by atoms with Crippen molar-refractivity contribution < 1.29 is 28.6 Å². The Morgan fingerprint density at radius 2 is 0.470 bits per heavy atom. The molecular weight excluding hydrogens is 1020 g/mol. The highest BCUT2D eigenvalue weighted by Gasteiger charge is 2.19. The molecule has 0 amide bonds. The van der Waals surface area contributed by atoms with Crippen molar-refractivity contribution in [3.8, 4) is 0 Å². The molecule has 0 radical (unpaired) electrons. The maximum absolute atomic E-state index is 12.9. The normalized spacial score (nSPS) is 13.0. The predicted molar refractivity (Wildman–Crippen MR) is 362 cm³/mol. The minimum atomic E-state index is -0.792. The Morgan fingerprint density at radius 3 is 0.747 bits per heavy atom. The SMILES string of the molecule is CC/C=C\C/C=C\C/C=C\C/C=C\C/C=C\C/C=C\CCCCCCCCCCCCCCC(=O)OCC(COC(=O)CCCCCCC/C=C\CCCCCC)OC(=O)CCCCCCCCCC/C=C\C/C=C\C/C=C\C/C=C\CC. The van der Waals surface area contributed by atoms with E-state index in [9.17, 15) is 14.4 Å². The van der Waals surface area contributed by atoms with Gasteiger partial charge in [-0.05, 0) is 135 Å². The molecule has 0 aliphatic heterocycles. The Labute approximate surface area is 513 Å². The van der Waals surface area contributed by atoms with E-state index in [1.54, 1.807) is 0 Å². The molecule has 472 valence electrons. The first kappa shape index (κ1) is 78.5. The van der Waals surface area contributed by atoms with Crippen molar-refractivity contribution in [1.82, 2.24) is 0 Å². The first-order valence-electron chi connectivity index (χ1n) is 34.7. The summed E-state index contributed by atoms with van der Waals surface area (Å²) in [4.78, 5) is 38.4. The van der Waals surface area contributed by atoms with Crippen LogP contribution in [0.3, 0.4) is 0 Å². The van der Waals surface area contributed by atoms with Crippen molar-refractivity contribution in [2.24, 2.45) is 0 Å². The third-order valence-corrected chi connectivity index (χ3v) is 14.6. The molecule has 0 saturated carbocycles. The third kappa shape index (κ3) is 68.2. The van der Waals surface area contributed by atoms with Crippen molar-refractivity contribution in [3.63, 3.8) is 0 Å². The van der Waals surface area contributed by atoms with Crippen LogP contribution in [0.1, 0.15) is 316 Å². The Bertz CT molecular complexity index is 1750. The van der Waals surface area contributed by atoms with Crippen LogP contribution in [0.2, 0.25) is 0 Å². The lowest BCUT2D eigenvalue weighted by molar-refractivity contribution is -0.167. The summed E-state index contributed by atoms with van der Waals surface area (Å²) in [6, 6.07) is 0. The maximum Gasteiger partial charge on any atom is 0.306 e. The van der Waals surface area contributed by atoms with Crippen LogP contribution in [-0.4, -0.2) is 37.2 Å². The first-order chi connectivity index (χ1) is 41.0. The van der Waals surface area contributed by atoms with E-state index in [4.69, 9.17) is 14.2 Å². The zero-order chi connectivity index (χ0) is 59.9. The fourth-order valence-corrected chi connectivity index (χ4v) is 9.49. The highest BCUT2D eigenvalue weighted by atomic mass is 16.6. The molecule has 0 heterocycles. The van der Waals surface area contributed by atoms with Crippen molar-refractivity contribution >= 4 is 17.9 Å². The lowest BCUT2D eigenvalue weighted by Gasteiger charge is -2.18. The van der Waals surface area contributed by atoms with Crippen molar-refractivity contribution in [2.45, 2.75) is 322 Å². The van der Waals surface area contributed by atoms with Gasteiger partial charge in [0.1, 0.15) is 13.2 Å². The summed E-state index contributed by atoms with van der Waals surface area (Å²) in [6.07, 6.45) is 99.0. The molecular formula is C77H128O6. The van der Waals surface area contributed by atoms with E-state index in [0.29, 0.717) is 19.3 Å². The summed E-state index contributed by atoms with van der Waals surface area (Å²) in [6.45, 7) is 6.40. The maximum atomic E-state index is 12.9. The Kier molecular flexibility index (Phi) is 66.3. The zero-order valence-corrected chi connectivity index (χ0v) is 54.2. The minimum absolute atomic E-state index is 0.0865. The topological polar surface area (TPSA) is 78.9 Å². The Hall–Kier alpha value is -4.45. The molecule has 0 spiro atoms. The molecule has 0 aliphatic carbocycles. The standard InChI is InChI=1S/C77H128O6/c1-4-7-10-13-16-19-22-25-27-29-31-33-34-35-36-37-38-39-40-41-42-44-45-47-49-52-55-58-61-64-67-70-76(79)82-73-74(72-81-75(78)69-66-63-60-57-54-51-24-21-18-15-12-9-6-3)83-77(80)71-68-65-62-59-56-53-50-48-46-43-32-30-28-26-23-20-17-14-11-8-5-2/h7-8,10-11,16-17,19-21,24-28,31-33,35-36,38-39,43,74H,4-6,9,12-15,18,22-23,29-30,34,37,40-42,44-73H2,1-3H3/b10-7-,11-8-,19-16-,20-17-,24-21-,27-25-,28-26-,33-31-,36-35-,39-38-,43-32-. The number of rotatable bonds is 62. The van der Waals surface area contributed by atoms with Gasteiger partial charge in [0.25, 0.3) is 0 Å². The van der Waals surface area contributed by atoms with Gasteiger partial charge in [-0.2, -0.15) is 0 Å². The molecule has 0 aromatic heterocycles. The summed E-state index contributed by atoms with van der Waals surface area (Å²) in [7, 11) is 0. The second kappa shape index (κ2) is 70.0. The van der Waals surface area contributed by atoms with E-state index >= 15 is 0 Å². The van der Waals surface area contributed by atoms with Crippen LogP contribution in [0, 0.1) is 0 Å². The molecule has 1 atom stereocenters. The van der Waals surface area contributed by atoms with Gasteiger partial charge in [-0.1, -0.05) is 296 Å². The van der Waals surface area contributed by atoms with Gasteiger partial charge < -0.3 is 14.2 Å². The van der Waals surface area contributed by atoms with Gasteiger partial charge in [0.15, 0.2) is 6.10 Å². The molecule has 6 nitrogen and oxygen atoms in total. The van der Waals surface area contributed by atoms with Crippen LogP contribution in [0.5, 0.6) is 0 Å². The van der Waals surface area contributed by atoms with Crippen molar-refractivity contribution in [2.75, 3.05) is 13.2 Å². The van der Waals surface area contributed by atoms with Crippen LogP contribution >= 0.6 is 0 Å². The molecule has 0 aliphatic rings.